The van der Waals surface area contributed by atoms with Crippen molar-refractivity contribution >= 4 is 17.6 Å². The number of nitrogens with zero attached hydrogens (tertiary/aromatic N) is 5. The number of aryl methyl sites for hydroxylation is 1. The first-order valence-electron chi connectivity index (χ1n) is 11.9. The van der Waals surface area contributed by atoms with Gasteiger partial charge in [-0.1, -0.05) is 30.8 Å². The number of anilines is 1. The monoisotopic (exact) mass is 472 g/mol. The van der Waals surface area contributed by atoms with Crippen LogP contribution >= 0.6 is 0 Å². The summed E-state index contributed by atoms with van der Waals surface area (Å²) in [6.45, 7) is 12.4. The van der Waals surface area contributed by atoms with Gasteiger partial charge >= 0.3 is 0 Å². The molecule has 35 heavy (non-hydrogen) atoms. The summed E-state index contributed by atoms with van der Waals surface area (Å²) in [6.07, 6.45) is 5.67. The highest BCUT2D eigenvalue weighted by Crippen LogP contribution is 2.47. The lowest BCUT2D eigenvalue weighted by Crippen LogP contribution is -2.56. The Morgan fingerprint density at radius 1 is 1.26 bits per heavy atom. The number of rotatable bonds is 4. The predicted octanol–water partition coefficient (Wildman–Crippen LogP) is 2.25. The maximum absolute atomic E-state index is 12.3. The van der Waals surface area contributed by atoms with Crippen molar-refractivity contribution in [1.29, 1.82) is 0 Å². The third kappa shape index (κ3) is 3.99. The molecule has 2 aromatic rings. The van der Waals surface area contributed by atoms with E-state index in [4.69, 9.17) is 17.0 Å². The summed E-state index contributed by atoms with van der Waals surface area (Å²) in [5.74, 6) is -0.00527. The molecule has 1 spiro atoms. The van der Waals surface area contributed by atoms with Crippen molar-refractivity contribution in [2.75, 3.05) is 31.1 Å². The summed E-state index contributed by atoms with van der Waals surface area (Å²) < 4.78 is 6.65. The minimum atomic E-state index is -0.723. The van der Waals surface area contributed by atoms with Crippen molar-refractivity contribution in [3.63, 3.8) is 0 Å². The van der Waals surface area contributed by atoms with E-state index in [9.17, 15) is 9.59 Å². The summed E-state index contributed by atoms with van der Waals surface area (Å²) in [4.78, 5) is 40.7. The summed E-state index contributed by atoms with van der Waals surface area (Å²) in [7, 11) is 0. The van der Waals surface area contributed by atoms with Crippen LogP contribution in [0, 0.1) is 6.57 Å². The Kier molecular flexibility index (Phi) is 5.89. The third-order valence-electron chi connectivity index (χ3n) is 7.32. The second-order valence-corrected chi connectivity index (χ2v) is 9.30. The average Bonchev–Trinajstić information content (AvgIpc) is 2.88. The quantitative estimate of drug-likeness (QED) is 0.541. The Labute approximate surface area is 204 Å². The molecule has 1 unspecified atom stereocenters. The number of aromatic nitrogens is 2. The lowest BCUT2D eigenvalue weighted by atomic mass is 9.75. The molecule has 180 valence electrons. The topological polar surface area (TPSA) is 106 Å². The molecule has 2 aliphatic heterocycles. The summed E-state index contributed by atoms with van der Waals surface area (Å²) >= 11 is 0. The van der Waals surface area contributed by atoms with Crippen LogP contribution in [0.5, 0.6) is 5.88 Å². The first kappa shape index (κ1) is 22.8. The van der Waals surface area contributed by atoms with Crippen molar-refractivity contribution in [1.82, 2.24) is 14.9 Å². The number of nitrogens with two attached hydrogens (primary N) is 1. The first-order valence-corrected chi connectivity index (χ1v) is 11.9. The number of fused-ring (bicyclic) bond motifs is 3. The van der Waals surface area contributed by atoms with Crippen molar-refractivity contribution in [3.8, 4) is 5.88 Å². The molecule has 0 saturated carbocycles. The van der Waals surface area contributed by atoms with Crippen LogP contribution in [0.3, 0.4) is 0 Å². The summed E-state index contributed by atoms with van der Waals surface area (Å²) in [5, 5.41) is 0. The van der Waals surface area contributed by atoms with E-state index >= 15 is 0 Å². The Bertz CT molecular complexity index is 1240. The number of ether oxygens (including phenoxy) is 1. The molecule has 2 atom stereocenters. The van der Waals surface area contributed by atoms with Crippen LogP contribution in [0.25, 0.3) is 4.85 Å². The first-order chi connectivity index (χ1) is 17.0. The predicted molar refractivity (Wildman–Crippen MR) is 130 cm³/mol. The van der Waals surface area contributed by atoms with E-state index in [1.165, 1.54) is 17.2 Å². The van der Waals surface area contributed by atoms with Crippen molar-refractivity contribution < 1.29 is 14.3 Å². The number of benzene rings is 1. The van der Waals surface area contributed by atoms with E-state index < -0.39 is 11.5 Å². The zero-order valence-electron chi connectivity index (χ0n) is 19.6. The Morgan fingerprint density at radius 3 is 2.86 bits per heavy atom. The summed E-state index contributed by atoms with van der Waals surface area (Å²) in [5.41, 5.74) is 8.44. The molecule has 0 radical (unpaired) electrons. The molecule has 1 aliphatic carbocycles. The highest BCUT2D eigenvalue weighted by molar-refractivity contribution is 5.90. The molecule has 3 aliphatic rings. The summed E-state index contributed by atoms with van der Waals surface area (Å²) in [6, 6.07) is 8.05. The van der Waals surface area contributed by atoms with E-state index in [-0.39, 0.29) is 24.3 Å². The Morgan fingerprint density at radius 2 is 2.09 bits per heavy atom. The fraction of sp³-hybridized carbons (Fsp3) is 0.423. The standard InChI is InChI=1S/C26H28N6O3/c1-3-21(33)32-14-13-31(16-18(32)15-28-2)24-19-10-12-26(35-25(19)30-23(29-24)22(27)34)11-6-8-17-7-4-5-9-20(17)26/h3-5,7,9,18H,1,6,8,10-16H2,(H2,27,34)/t18-,26?/m0/s1. The molecule has 9 nitrogen and oxygen atoms in total. The molecule has 1 saturated heterocycles. The smallest absolute Gasteiger partial charge is 0.286 e. The highest BCUT2D eigenvalue weighted by Gasteiger charge is 2.44. The van der Waals surface area contributed by atoms with Gasteiger partial charge < -0.3 is 25.1 Å². The van der Waals surface area contributed by atoms with Gasteiger partial charge in [-0.05, 0) is 49.3 Å². The number of piperazine rings is 1. The van der Waals surface area contributed by atoms with Crippen molar-refractivity contribution in [2.45, 2.75) is 43.7 Å². The fourth-order valence-corrected chi connectivity index (χ4v) is 5.65. The molecule has 3 heterocycles. The van der Waals surface area contributed by atoms with Crippen LogP contribution < -0.4 is 15.4 Å². The lowest BCUT2D eigenvalue weighted by molar-refractivity contribution is -0.128. The van der Waals surface area contributed by atoms with Crippen LogP contribution in [0.2, 0.25) is 0 Å². The second-order valence-electron chi connectivity index (χ2n) is 9.30. The largest absolute Gasteiger partial charge is 0.466 e. The van der Waals surface area contributed by atoms with E-state index in [2.05, 4.69) is 39.6 Å². The highest BCUT2D eigenvalue weighted by atomic mass is 16.5. The van der Waals surface area contributed by atoms with Gasteiger partial charge in [-0.25, -0.2) is 11.6 Å². The Hall–Kier alpha value is -3.93. The Balaban J connectivity index is 1.52. The number of hydrogen-bond donors (Lipinski definition) is 1. The molecular weight excluding hydrogens is 444 g/mol. The minimum Gasteiger partial charge on any atom is -0.466 e. The number of carbonyl (C=O) groups is 2. The number of primary amides is 1. The number of hydrogen-bond acceptors (Lipinski definition) is 6. The zero-order valence-corrected chi connectivity index (χ0v) is 19.6. The van der Waals surface area contributed by atoms with E-state index in [0.29, 0.717) is 37.8 Å². The normalized spacial score (nSPS) is 23.0. The van der Waals surface area contributed by atoms with Crippen LogP contribution in [0.15, 0.2) is 36.9 Å². The van der Waals surface area contributed by atoms with Gasteiger partial charge in [-0.15, -0.1) is 0 Å². The van der Waals surface area contributed by atoms with Gasteiger partial charge in [0.1, 0.15) is 17.5 Å². The van der Waals surface area contributed by atoms with E-state index in [1.54, 1.807) is 4.90 Å². The third-order valence-corrected chi connectivity index (χ3v) is 7.32. The van der Waals surface area contributed by atoms with Gasteiger partial charge in [-0.2, -0.15) is 4.98 Å². The van der Waals surface area contributed by atoms with Crippen LogP contribution in [-0.2, 0) is 23.2 Å². The van der Waals surface area contributed by atoms with Gasteiger partial charge in [0.15, 0.2) is 0 Å². The fourth-order valence-electron chi connectivity index (χ4n) is 5.65. The second kappa shape index (κ2) is 9.02. The number of carbonyl (C=O) groups excluding carboxylic acids is 2. The molecule has 2 N–H and O–H groups in total. The van der Waals surface area contributed by atoms with Crippen LogP contribution in [-0.4, -0.2) is 58.9 Å². The SMILES string of the molecule is [C-]#[N+]C[C@H]1CN(c2nc(C(N)=O)nc3c2CCC2(CCCc4ccccc42)O3)CCN1C(=O)C=C. The molecule has 1 aromatic carbocycles. The van der Waals surface area contributed by atoms with Gasteiger partial charge in [0, 0.05) is 19.6 Å². The van der Waals surface area contributed by atoms with Gasteiger partial charge in [0.05, 0.1) is 5.56 Å². The maximum Gasteiger partial charge on any atom is 0.286 e. The van der Waals surface area contributed by atoms with Crippen molar-refractivity contribution in [2.24, 2.45) is 5.73 Å². The minimum absolute atomic E-state index is 0.0915. The molecule has 2 amide bonds. The maximum atomic E-state index is 12.3. The molecule has 1 aromatic heterocycles. The number of amides is 2. The van der Waals surface area contributed by atoms with E-state index in [0.717, 1.165) is 31.2 Å². The van der Waals surface area contributed by atoms with Crippen LogP contribution in [0.4, 0.5) is 5.82 Å². The zero-order chi connectivity index (χ0) is 24.6. The average molecular weight is 473 g/mol. The van der Waals surface area contributed by atoms with E-state index in [1.807, 2.05) is 11.0 Å². The lowest BCUT2D eigenvalue weighted by Gasteiger charge is -2.44. The van der Waals surface area contributed by atoms with Gasteiger partial charge in [0.25, 0.3) is 5.91 Å². The molecule has 9 heteroatoms. The molecule has 0 bridgehead atoms. The van der Waals surface area contributed by atoms with Crippen LogP contribution in [0.1, 0.15) is 46.6 Å². The van der Waals surface area contributed by atoms with Gasteiger partial charge in [-0.3, -0.25) is 9.59 Å². The molecule has 1 fully saturated rings. The molecule has 5 rings (SSSR count). The van der Waals surface area contributed by atoms with Crippen molar-refractivity contribution in [3.05, 3.63) is 70.9 Å². The van der Waals surface area contributed by atoms with Gasteiger partial charge in [0.2, 0.25) is 24.2 Å². The molecular formula is C26H28N6O3.